The molecule has 1 N–H and O–H groups in total. The summed E-state index contributed by atoms with van der Waals surface area (Å²) in [6.07, 6.45) is 100. The van der Waals surface area contributed by atoms with Crippen LogP contribution in [0.4, 0.5) is 0 Å². The molecule has 0 aliphatic rings. The number of carbonyl (C=O) groups is 2. The molecule has 0 aromatic rings. The third-order valence-electron chi connectivity index (χ3n) is 15.4. The van der Waals surface area contributed by atoms with Gasteiger partial charge in [-0.05, 0) is 89.9 Å². The molecule has 0 aliphatic heterocycles. The molecule has 5 nitrogen and oxygen atoms in total. The van der Waals surface area contributed by atoms with E-state index in [1.54, 1.807) is 0 Å². The number of aliphatic hydroxyl groups is 1. The molecule has 0 saturated heterocycles. The molecule has 0 aromatic carbocycles. The Morgan fingerprint density at radius 1 is 0.287 bits per heavy atom. The largest absolute Gasteiger partial charge is 0.462 e. The lowest BCUT2D eigenvalue weighted by Crippen LogP contribution is -2.28. The number of esters is 2. The number of hydrogen-bond acceptors (Lipinski definition) is 5. The molecule has 0 radical (unpaired) electrons. The van der Waals surface area contributed by atoms with E-state index >= 15 is 0 Å². The van der Waals surface area contributed by atoms with Gasteiger partial charge in [0.2, 0.25) is 0 Å². The third-order valence-corrected chi connectivity index (χ3v) is 15.4. The van der Waals surface area contributed by atoms with Crippen LogP contribution in [-0.2, 0) is 19.1 Å². The summed E-state index contributed by atoms with van der Waals surface area (Å²) in [6.45, 7) is 3.96. The summed E-state index contributed by atoms with van der Waals surface area (Å²) in [6, 6.07) is 0. The van der Waals surface area contributed by atoms with Gasteiger partial charge in [0.25, 0.3) is 0 Å². The minimum Gasteiger partial charge on any atom is -0.462 e. The average Bonchev–Trinajstić information content (AvgIpc) is 3.46. The Hall–Kier alpha value is -3.18. The number of rotatable bonds is 64. The van der Waals surface area contributed by atoms with E-state index in [1.807, 2.05) is 0 Å². The van der Waals surface area contributed by atoms with Crippen molar-refractivity contribution in [1.29, 1.82) is 0 Å². The predicted octanol–water partition coefficient (Wildman–Crippen LogP) is 24.2. The van der Waals surface area contributed by atoms with Crippen LogP contribution in [0, 0.1) is 0 Å². The zero-order valence-corrected chi connectivity index (χ0v) is 53.1. The first kappa shape index (κ1) is 76.8. The molecule has 0 rings (SSSR count). The van der Waals surface area contributed by atoms with Crippen LogP contribution >= 0.6 is 0 Å². The number of hydrogen-bond donors (Lipinski definition) is 1. The van der Waals surface area contributed by atoms with E-state index in [2.05, 4.69) is 111 Å². The second-order valence-corrected chi connectivity index (χ2v) is 23.2. The molecule has 0 fully saturated rings. The van der Waals surface area contributed by atoms with Crippen LogP contribution in [0.25, 0.3) is 0 Å². The summed E-state index contributed by atoms with van der Waals surface area (Å²) >= 11 is 0. The minimum absolute atomic E-state index is 0.0641. The van der Waals surface area contributed by atoms with Crippen LogP contribution in [0.15, 0.2) is 97.2 Å². The summed E-state index contributed by atoms with van der Waals surface area (Å²) in [5.41, 5.74) is 0. The summed E-state index contributed by atoms with van der Waals surface area (Å²) in [7, 11) is 0. The van der Waals surface area contributed by atoms with Crippen LogP contribution in [0.2, 0.25) is 0 Å². The molecule has 0 amide bonds. The molecule has 1 atom stereocenters. The van der Waals surface area contributed by atoms with Gasteiger partial charge in [0.05, 0.1) is 6.61 Å². The highest BCUT2D eigenvalue weighted by Crippen LogP contribution is 2.18. The Bertz CT molecular complexity index is 1500. The molecule has 5 heteroatoms. The topological polar surface area (TPSA) is 72.8 Å². The van der Waals surface area contributed by atoms with E-state index in [0.29, 0.717) is 12.8 Å². The maximum Gasteiger partial charge on any atom is 0.306 e. The zero-order chi connectivity index (χ0) is 57.6. The highest BCUT2D eigenvalue weighted by molar-refractivity contribution is 5.70. The maximum atomic E-state index is 12.4. The molecule has 0 heterocycles. The van der Waals surface area contributed by atoms with Crippen molar-refractivity contribution in [3.05, 3.63) is 97.2 Å². The Balaban J connectivity index is 3.41. The van der Waals surface area contributed by atoms with Crippen molar-refractivity contribution in [2.24, 2.45) is 0 Å². The van der Waals surface area contributed by atoms with Gasteiger partial charge < -0.3 is 14.6 Å². The Labute approximate surface area is 498 Å². The summed E-state index contributed by atoms with van der Waals surface area (Å²) in [5.74, 6) is -0.575. The second-order valence-electron chi connectivity index (χ2n) is 23.2. The number of allylic oxidation sites excluding steroid dienone is 16. The quantitative estimate of drug-likeness (QED) is 0.0373. The normalized spacial score (nSPS) is 12.8. The van der Waals surface area contributed by atoms with Gasteiger partial charge >= 0.3 is 11.9 Å². The van der Waals surface area contributed by atoms with Crippen LogP contribution < -0.4 is 0 Å². The fraction of sp³-hybridized carbons (Fsp3) is 0.760. The number of aliphatic hydroxyl groups excluding tert-OH is 1. The molecule has 80 heavy (non-hydrogen) atoms. The molecular formula is C75H132O5. The van der Waals surface area contributed by atoms with E-state index in [-0.39, 0.29) is 25.2 Å². The van der Waals surface area contributed by atoms with Crippen molar-refractivity contribution in [2.75, 3.05) is 13.2 Å². The summed E-state index contributed by atoms with van der Waals surface area (Å²) < 4.78 is 10.8. The highest BCUT2D eigenvalue weighted by Gasteiger charge is 2.16. The average molecular weight is 1110 g/mol. The van der Waals surface area contributed by atoms with E-state index < -0.39 is 6.10 Å². The molecule has 0 saturated carbocycles. The van der Waals surface area contributed by atoms with Gasteiger partial charge in [-0.25, -0.2) is 0 Å². The lowest BCUT2D eigenvalue weighted by Gasteiger charge is -2.15. The van der Waals surface area contributed by atoms with Crippen LogP contribution in [0.5, 0.6) is 0 Å². The molecular weight excluding hydrogens is 981 g/mol. The first-order valence-electron chi connectivity index (χ1n) is 34.8. The highest BCUT2D eigenvalue weighted by atomic mass is 16.6. The third kappa shape index (κ3) is 67.3. The Morgan fingerprint density at radius 2 is 0.500 bits per heavy atom. The molecule has 0 aliphatic carbocycles. The van der Waals surface area contributed by atoms with E-state index in [4.69, 9.17) is 9.47 Å². The number of carbonyl (C=O) groups excluding carboxylic acids is 2. The zero-order valence-electron chi connectivity index (χ0n) is 53.1. The molecule has 1 unspecified atom stereocenters. The smallest absolute Gasteiger partial charge is 0.306 e. The lowest BCUT2D eigenvalue weighted by atomic mass is 10.0. The molecule has 0 bridgehead atoms. The molecule has 462 valence electrons. The maximum absolute atomic E-state index is 12.4. The van der Waals surface area contributed by atoms with Gasteiger partial charge in [-0.2, -0.15) is 0 Å². The first-order chi connectivity index (χ1) is 39.6. The fourth-order valence-electron chi connectivity index (χ4n) is 10.2. The van der Waals surface area contributed by atoms with Crippen molar-refractivity contribution in [3.8, 4) is 0 Å². The van der Waals surface area contributed by atoms with Crippen LogP contribution in [0.3, 0.4) is 0 Å². The van der Waals surface area contributed by atoms with Crippen molar-refractivity contribution in [3.63, 3.8) is 0 Å². The van der Waals surface area contributed by atoms with Crippen LogP contribution in [-0.4, -0.2) is 36.4 Å². The van der Waals surface area contributed by atoms with Crippen molar-refractivity contribution < 1.29 is 24.2 Å². The van der Waals surface area contributed by atoms with Gasteiger partial charge in [0, 0.05) is 12.8 Å². The van der Waals surface area contributed by atoms with Gasteiger partial charge in [-0.1, -0.05) is 342 Å². The second kappa shape index (κ2) is 70.1. The van der Waals surface area contributed by atoms with E-state index in [1.165, 1.54) is 231 Å². The fourth-order valence-corrected chi connectivity index (χ4v) is 10.2. The predicted molar refractivity (Wildman–Crippen MR) is 352 cm³/mol. The molecule has 0 aromatic heterocycles. The van der Waals surface area contributed by atoms with Gasteiger partial charge in [0.15, 0.2) is 6.10 Å². The standard InChI is InChI=1S/C75H132O5/c1-3-5-7-9-11-13-15-17-19-21-23-25-27-29-31-33-34-35-36-37-38-39-40-42-44-46-48-50-52-54-56-58-60-62-64-66-68-70-75(78)80-73(71-76)72-79-74(77)69-67-65-63-61-59-57-55-53-51-49-47-45-43-41-32-30-28-26-24-22-20-18-16-14-12-10-8-6-4-2/h5-8,11-14,17-20,23-26,73,76H,3-4,9-10,15-16,21-22,27-72H2,1-2H3/b7-5-,8-6-,13-11-,14-12-,19-17-,20-18-,25-23-,26-24-. The number of ether oxygens (including phenoxy) is 2. The first-order valence-corrected chi connectivity index (χ1v) is 34.8. The summed E-state index contributed by atoms with van der Waals surface area (Å²) in [5, 5.41) is 9.70. The van der Waals surface area contributed by atoms with Gasteiger partial charge in [-0.3, -0.25) is 9.59 Å². The van der Waals surface area contributed by atoms with Crippen LogP contribution in [0.1, 0.15) is 348 Å². The Kier molecular flexibility index (Phi) is 67.3. The monoisotopic (exact) mass is 1110 g/mol. The summed E-state index contributed by atoms with van der Waals surface area (Å²) in [4.78, 5) is 24.7. The van der Waals surface area contributed by atoms with E-state index in [0.717, 1.165) is 89.9 Å². The van der Waals surface area contributed by atoms with Gasteiger partial charge in [-0.15, -0.1) is 0 Å². The van der Waals surface area contributed by atoms with Crippen molar-refractivity contribution in [2.45, 2.75) is 354 Å². The number of unbranched alkanes of at least 4 members (excludes halogenated alkanes) is 40. The minimum atomic E-state index is -0.775. The van der Waals surface area contributed by atoms with E-state index in [9.17, 15) is 14.7 Å². The lowest BCUT2D eigenvalue weighted by molar-refractivity contribution is -0.161. The Morgan fingerprint density at radius 3 is 0.750 bits per heavy atom. The van der Waals surface area contributed by atoms with Crippen molar-refractivity contribution in [1.82, 2.24) is 0 Å². The molecule has 0 spiro atoms. The SMILES string of the molecule is CC/C=C\C/C=C\C/C=C\C/C=C\CCCCCCCCCCCCCCCCCCCCCCCCCCC(=O)OC(CO)COC(=O)CCCCCCCCCCCCCCCCCC/C=C\C/C=C\C/C=C\C/C=C\CC. The van der Waals surface area contributed by atoms with Gasteiger partial charge in [0.1, 0.15) is 6.61 Å². The van der Waals surface area contributed by atoms with Crippen molar-refractivity contribution >= 4 is 11.9 Å².